The van der Waals surface area contributed by atoms with Gasteiger partial charge in [0.2, 0.25) is 17.6 Å². The molecule has 0 aliphatic carbocycles. The number of methoxy groups -OCH3 is 1. The minimum Gasteiger partial charge on any atom is -0.496 e. The molecule has 0 bridgehead atoms. The molecule has 1 aromatic heterocycles. The molecule has 1 unspecified atom stereocenters. The zero-order chi connectivity index (χ0) is 16.7. The summed E-state index contributed by atoms with van der Waals surface area (Å²) in [7, 11) is 3.45. The average molecular weight is 318 g/mol. The molecule has 0 aliphatic rings. The number of carbonyl (C=O) groups is 1. The third kappa shape index (κ3) is 4.53. The molecule has 0 radical (unpaired) electrons. The molecule has 1 atom stereocenters. The fraction of sp³-hybridized carbons (Fsp3) is 0.438. The maximum Gasteiger partial charge on any atom is 0.249 e. The quantitative estimate of drug-likeness (QED) is 0.723. The molecule has 2 rings (SSSR count). The van der Waals surface area contributed by atoms with Crippen LogP contribution in [0.1, 0.15) is 31.7 Å². The summed E-state index contributed by atoms with van der Waals surface area (Å²) >= 11 is 0. The highest BCUT2D eigenvalue weighted by Gasteiger charge is 2.18. The van der Waals surface area contributed by atoms with Crippen molar-refractivity contribution in [2.24, 2.45) is 0 Å². The molecule has 124 valence electrons. The summed E-state index contributed by atoms with van der Waals surface area (Å²) in [6.45, 7) is 2.62. The van der Waals surface area contributed by atoms with Gasteiger partial charge in [0.1, 0.15) is 11.8 Å². The van der Waals surface area contributed by atoms with Crippen LogP contribution < -0.4 is 15.4 Å². The standard InChI is InChI=1S/C16H22N4O3/c1-11(18-14(21)9-6-10-17-2)16-19-15(20-23-16)12-7-4-5-8-13(12)22-3/h4-5,7-8,11,17H,6,9-10H2,1-3H3,(H,18,21). The molecule has 7 heteroatoms. The van der Waals surface area contributed by atoms with E-state index in [1.807, 2.05) is 38.2 Å². The zero-order valence-electron chi connectivity index (χ0n) is 13.6. The van der Waals surface area contributed by atoms with Crippen molar-refractivity contribution in [3.63, 3.8) is 0 Å². The SMILES string of the molecule is CNCCCC(=O)NC(C)c1nc(-c2ccccc2OC)no1. The number of hydrogen-bond acceptors (Lipinski definition) is 6. The Morgan fingerprint density at radius 3 is 2.91 bits per heavy atom. The highest BCUT2D eigenvalue weighted by atomic mass is 16.5. The number of benzene rings is 1. The van der Waals surface area contributed by atoms with Gasteiger partial charge in [-0.25, -0.2) is 0 Å². The molecule has 0 fully saturated rings. The van der Waals surface area contributed by atoms with E-state index in [2.05, 4.69) is 20.8 Å². The predicted octanol–water partition coefficient (Wildman–Crippen LogP) is 1.92. The van der Waals surface area contributed by atoms with Crippen LogP contribution in [0, 0.1) is 0 Å². The van der Waals surface area contributed by atoms with Crippen LogP contribution in [0.3, 0.4) is 0 Å². The molecule has 7 nitrogen and oxygen atoms in total. The molecule has 2 aromatic rings. The first-order valence-electron chi connectivity index (χ1n) is 7.56. The third-order valence-electron chi connectivity index (χ3n) is 3.37. The normalized spacial score (nSPS) is 12.0. The van der Waals surface area contributed by atoms with Gasteiger partial charge >= 0.3 is 0 Å². The molecule has 0 spiro atoms. The van der Waals surface area contributed by atoms with Crippen LogP contribution in [-0.2, 0) is 4.79 Å². The fourth-order valence-corrected chi connectivity index (χ4v) is 2.15. The molecular weight excluding hydrogens is 296 g/mol. The van der Waals surface area contributed by atoms with Crippen LogP contribution in [0.15, 0.2) is 28.8 Å². The number of ether oxygens (including phenoxy) is 1. The Hall–Kier alpha value is -2.41. The lowest BCUT2D eigenvalue weighted by Gasteiger charge is -2.09. The van der Waals surface area contributed by atoms with E-state index < -0.39 is 0 Å². The summed E-state index contributed by atoms with van der Waals surface area (Å²) in [6, 6.07) is 7.10. The van der Waals surface area contributed by atoms with Crippen molar-refractivity contribution in [3.8, 4) is 17.1 Å². The number of para-hydroxylation sites is 1. The maximum absolute atomic E-state index is 11.8. The Labute approximate surface area is 135 Å². The van der Waals surface area contributed by atoms with E-state index in [9.17, 15) is 4.79 Å². The van der Waals surface area contributed by atoms with E-state index in [0.29, 0.717) is 23.9 Å². The molecule has 0 saturated heterocycles. The number of hydrogen-bond donors (Lipinski definition) is 2. The summed E-state index contributed by atoms with van der Waals surface area (Å²) in [5, 5.41) is 9.83. The predicted molar refractivity (Wildman–Crippen MR) is 86.0 cm³/mol. The van der Waals surface area contributed by atoms with Gasteiger partial charge in [-0.2, -0.15) is 4.98 Å². The molecule has 1 amide bonds. The van der Waals surface area contributed by atoms with Crippen molar-refractivity contribution >= 4 is 5.91 Å². The van der Waals surface area contributed by atoms with Gasteiger partial charge in [-0.05, 0) is 39.1 Å². The lowest BCUT2D eigenvalue weighted by molar-refractivity contribution is -0.122. The van der Waals surface area contributed by atoms with Crippen LogP contribution in [0.4, 0.5) is 0 Å². The third-order valence-corrected chi connectivity index (χ3v) is 3.37. The first-order valence-corrected chi connectivity index (χ1v) is 7.56. The Bertz CT molecular complexity index is 642. The van der Waals surface area contributed by atoms with Crippen LogP contribution in [-0.4, -0.2) is 36.8 Å². The van der Waals surface area contributed by atoms with Crippen molar-refractivity contribution in [2.75, 3.05) is 20.7 Å². The van der Waals surface area contributed by atoms with Crippen LogP contribution in [0.25, 0.3) is 11.4 Å². The minimum atomic E-state index is -0.340. The van der Waals surface area contributed by atoms with Gasteiger partial charge in [-0.1, -0.05) is 17.3 Å². The van der Waals surface area contributed by atoms with E-state index in [-0.39, 0.29) is 11.9 Å². The van der Waals surface area contributed by atoms with Gasteiger partial charge in [0, 0.05) is 6.42 Å². The fourth-order valence-electron chi connectivity index (χ4n) is 2.15. The number of amides is 1. The largest absolute Gasteiger partial charge is 0.496 e. The monoisotopic (exact) mass is 318 g/mol. The Balaban J connectivity index is 2.02. The zero-order valence-corrected chi connectivity index (χ0v) is 13.6. The van der Waals surface area contributed by atoms with Gasteiger partial charge in [-0.15, -0.1) is 0 Å². The van der Waals surface area contributed by atoms with Gasteiger partial charge in [0.15, 0.2) is 0 Å². The highest BCUT2D eigenvalue weighted by molar-refractivity contribution is 5.76. The van der Waals surface area contributed by atoms with Gasteiger partial charge in [0.05, 0.1) is 12.7 Å². The minimum absolute atomic E-state index is 0.0372. The number of nitrogens with zero attached hydrogens (tertiary/aromatic N) is 2. The average Bonchev–Trinajstić information content (AvgIpc) is 3.05. The van der Waals surface area contributed by atoms with Crippen molar-refractivity contribution < 1.29 is 14.1 Å². The Kier molecular flexibility index (Phi) is 6.10. The van der Waals surface area contributed by atoms with Crippen LogP contribution in [0.2, 0.25) is 0 Å². The first-order chi connectivity index (χ1) is 11.2. The summed E-state index contributed by atoms with van der Waals surface area (Å²) in [5.74, 6) is 1.44. The van der Waals surface area contributed by atoms with Crippen LogP contribution >= 0.6 is 0 Å². The van der Waals surface area contributed by atoms with E-state index >= 15 is 0 Å². The number of rotatable bonds is 8. The lowest BCUT2D eigenvalue weighted by atomic mass is 10.2. The molecule has 1 aromatic carbocycles. The topological polar surface area (TPSA) is 89.3 Å². The van der Waals surface area contributed by atoms with Crippen LogP contribution in [0.5, 0.6) is 5.75 Å². The van der Waals surface area contributed by atoms with Crippen molar-refractivity contribution in [2.45, 2.75) is 25.8 Å². The Morgan fingerprint density at radius 1 is 1.39 bits per heavy atom. The van der Waals surface area contributed by atoms with E-state index in [1.54, 1.807) is 7.11 Å². The highest BCUT2D eigenvalue weighted by Crippen LogP contribution is 2.27. The van der Waals surface area contributed by atoms with Crippen molar-refractivity contribution in [3.05, 3.63) is 30.2 Å². The van der Waals surface area contributed by atoms with Gasteiger partial charge in [0.25, 0.3) is 0 Å². The molecule has 0 aliphatic heterocycles. The number of carbonyl (C=O) groups excluding carboxylic acids is 1. The smallest absolute Gasteiger partial charge is 0.249 e. The second-order valence-electron chi connectivity index (χ2n) is 5.15. The number of aromatic nitrogens is 2. The molecule has 23 heavy (non-hydrogen) atoms. The number of nitrogens with one attached hydrogen (secondary N) is 2. The van der Waals surface area contributed by atoms with Crippen molar-refractivity contribution in [1.82, 2.24) is 20.8 Å². The molecule has 0 saturated carbocycles. The molecule has 1 heterocycles. The van der Waals surface area contributed by atoms with Crippen molar-refractivity contribution in [1.29, 1.82) is 0 Å². The molecular formula is C16H22N4O3. The second kappa shape index (κ2) is 8.28. The molecule has 2 N–H and O–H groups in total. The van der Waals surface area contributed by atoms with Gasteiger partial charge < -0.3 is 19.9 Å². The second-order valence-corrected chi connectivity index (χ2v) is 5.15. The van der Waals surface area contributed by atoms with E-state index in [1.165, 1.54) is 0 Å². The lowest BCUT2D eigenvalue weighted by Crippen LogP contribution is -2.27. The summed E-state index contributed by atoms with van der Waals surface area (Å²) < 4.78 is 10.6. The van der Waals surface area contributed by atoms with E-state index in [4.69, 9.17) is 9.26 Å². The first kappa shape index (κ1) is 17.0. The van der Waals surface area contributed by atoms with Gasteiger partial charge in [-0.3, -0.25) is 4.79 Å². The maximum atomic E-state index is 11.8. The Morgan fingerprint density at radius 2 is 2.17 bits per heavy atom. The summed E-state index contributed by atoms with van der Waals surface area (Å²) in [5.41, 5.74) is 0.748. The summed E-state index contributed by atoms with van der Waals surface area (Å²) in [4.78, 5) is 16.2. The van der Waals surface area contributed by atoms with E-state index in [0.717, 1.165) is 18.5 Å². The summed E-state index contributed by atoms with van der Waals surface area (Å²) in [6.07, 6.45) is 1.24.